The summed E-state index contributed by atoms with van der Waals surface area (Å²) in [5.74, 6) is 0.437. The van der Waals surface area contributed by atoms with E-state index < -0.39 is 0 Å². The summed E-state index contributed by atoms with van der Waals surface area (Å²) < 4.78 is 13.2. The molecule has 1 saturated heterocycles. The first-order chi connectivity index (χ1) is 9.60. The van der Waals surface area contributed by atoms with Crippen molar-refractivity contribution in [3.05, 3.63) is 35.6 Å². The second kappa shape index (κ2) is 6.84. The summed E-state index contributed by atoms with van der Waals surface area (Å²) in [7, 11) is 0. The molecule has 0 bridgehead atoms. The van der Waals surface area contributed by atoms with Crippen LogP contribution in [-0.4, -0.2) is 30.4 Å². The van der Waals surface area contributed by atoms with Crippen molar-refractivity contribution in [2.24, 2.45) is 17.6 Å². The number of nitrogens with zero attached hydrogens (tertiary/aromatic N) is 1. The lowest BCUT2D eigenvalue weighted by molar-refractivity contribution is -0.136. The van der Waals surface area contributed by atoms with Crippen LogP contribution in [0.4, 0.5) is 4.39 Å². The fourth-order valence-electron chi connectivity index (χ4n) is 2.77. The maximum Gasteiger partial charge on any atom is 0.226 e. The minimum atomic E-state index is -0.174. The molecule has 1 heterocycles. The molecule has 110 valence electrons. The molecule has 1 amide bonds. The van der Waals surface area contributed by atoms with Crippen LogP contribution < -0.4 is 5.73 Å². The molecular weight excluding hydrogens is 255 g/mol. The summed E-state index contributed by atoms with van der Waals surface area (Å²) in [6.07, 6.45) is 2.87. The van der Waals surface area contributed by atoms with Gasteiger partial charge in [-0.05, 0) is 42.9 Å². The van der Waals surface area contributed by atoms with Crippen LogP contribution in [0.5, 0.6) is 0 Å². The molecule has 3 nitrogen and oxygen atoms in total. The van der Waals surface area contributed by atoms with Crippen LogP contribution in [0.2, 0.25) is 0 Å². The molecule has 20 heavy (non-hydrogen) atoms. The second-order valence-electron chi connectivity index (χ2n) is 5.74. The Morgan fingerprint density at radius 1 is 1.45 bits per heavy atom. The minimum Gasteiger partial charge on any atom is -0.342 e. The maximum atomic E-state index is 13.2. The predicted octanol–water partition coefficient (Wildman–Crippen LogP) is 2.20. The first-order valence-corrected chi connectivity index (χ1v) is 7.33. The molecule has 0 aliphatic carbocycles. The molecule has 1 aliphatic heterocycles. The van der Waals surface area contributed by atoms with Crippen LogP contribution in [0, 0.1) is 17.7 Å². The molecule has 1 unspecified atom stereocenters. The molecule has 4 heteroatoms. The Labute approximate surface area is 120 Å². The molecular formula is C16H23FN2O. The quantitative estimate of drug-likeness (QED) is 0.918. The van der Waals surface area contributed by atoms with Crippen LogP contribution in [0.1, 0.15) is 25.3 Å². The highest BCUT2D eigenvalue weighted by molar-refractivity contribution is 5.78. The van der Waals surface area contributed by atoms with Crippen LogP contribution >= 0.6 is 0 Å². The number of nitrogens with two attached hydrogens (primary N) is 1. The number of benzene rings is 1. The van der Waals surface area contributed by atoms with Gasteiger partial charge in [-0.3, -0.25) is 4.79 Å². The Kier molecular flexibility index (Phi) is 5.12. The van der Waals surface area contributed by atoms with E-state index in [9.17, 15) is 9.18 Å². The molecule has 0 aromatic heterocycles. The Morgan fingerprint density at radius 2 is 2.15 bits per heavy atom. The van der Waals surface area contributed by atoms with Crippen molar-refractivity contribution in [1.29, 1.82) is 0 Å². The molecule has 1 aliphatic rings. The third kappa shape index (κ3) is 3.79. The van der Waals surface area contributed by atoms with Crippen molar-refractivity contribution >= 4 is 5.91 Å². The number of halogens is 1. The van der Waals surface area contributed by atoms with Gasteiger partial charge in [-0.25, -0.2) is 4.39 Å². The van der Waals surface area contributed by atoms with Crippen molar-refractivity contribution in [1.82, 2.24) is 4.90 Å². The number of rotatable bonds is 4. The first kappa shape index (κ1) is 15.0. The van der Waals surface area contributed by atoms with Gasteiger partial charge in [0.2, 0.25) is 5.91 Å². The third-order valence-electron chi connectivity index (χ3n) is 4.11. The predicted molar refractivity (Wildman–Crippen MR) is 77.6 cm³/mol. The van der Waals surface area contributed by atoms with Gasteiger partial charge in [0.05, 0.1) is 0 Å². The van der Waals surface area contributed by atoms with E-state index in [1.165, 1.54) is 6.07 Å². The van der Waals surface area contributed by atoms with Gasteiger partial charge in [-0.2, -0.15) is 0 Å². The van der Waals surface area contributed by atoms with Gasteiger partial charge >= 0.3 is 0 Å². The number of likely N-dealkylation sites (tertiary alicyclic amines) is 1. The molecule has 1 atom stereocenters. The highest BCUT2D eigenvalue weighted by Gasteiger charge is 2.25. The molecule has 0 saturated carbocycles. The van der Waals surface area contributed by atoms with E-state index in [1.54, 1.807) is 12.1 Å². The molecule has 2 N–H and O–H groups in total. The molecule has 2 rings (SSSR count). The number of amides is 1. The average molecular weight is 278 g/mol. The lowest BCUT2D eigenvalue weighted by Gasteiger charge is -2.33. The Morgan fingerprint density at radius 3 is 2.75 bits per heavy atom. The van der Waals surface area contributed by atoms with Crippen molar-refractivity contribution in [3.63, 3.8) is 0 Å². The van der Waals surface area contributed by atoms with Crippen LogP contribution in [0.15, 0.2) is 24.3 Å². The first-order valence-electron chi connectivity index (χ1n) is 7.33. The van der Waals surface area contributed by atoms with E-state index in [0.29, 0.717) is 12.5 Å². The third-order valence-corrected chi connectivity index (χ3v) is 4.11. The van der Waals surface area contributed by atoms with Crippen molar-refractivity contribution in [2.75, 3.05) is 19.6 Å². The van der Waals surface area contributed by atoms with E-state index in [1.807, 2.05) is 17.9 Å². The summed E-state index contributed by atoms with van der Waals surface area (Å²) in [6.45, 7) is 3.87. The van der Waals surface area contributed by atoms with E-state index >= 15 is 0 Å². The summed E-state index contributed by atoms with van der Waals surface area (Å²) in [4.78, 5) is 14.0. The lowest BCUT2D eigenvalue weighted by atomic mass is 9.89. The standard InChI is InChI=1S/C16H23FN2O/c1-12(11-18)16(20)19-7-5-13(6-8-19)9-14-3-2-4-15(17)10-14/h2-4,10,12-13H,5-9,11,18H2,1H3. The van der Waals surface area contributed by atoms with E-state index in [-0.39, 0.29) is 17.6 Å². The second-order valence-corrected chi connectivity index (χ2v) is 5.74. The molecule has 1 aromatic carbocycles. The highest BCUT2D eigenvalue weighted by atomic mass is 19.1. The van der Waals surface area contributed by atoms with E-state index in [0.717, 1.165) is 37.9 Å². The monoisotopic (exact) mass is 278 g/mol. The zero-order valence-electron chi connectivity index (χ0n) is 12.0. The Hall–Kier alpha value is -1.42. The number of carbonyl (C=O) groups is 1. The van der Waals surface area contributed by atoms with Gasteiger partial charge in [-0.15, -0.1) is 0 Å². The van der Waals surface area contributed by atoms with Crippen LogP contribution in [0.25, 0.3) is 0 Å². The molecule has 1 fully saturated rings. The highest BCUT2D eigenvalue weighted by Crippen LogP contribution is 2.22. The summed E-state index contributed by atoms with van der Waals surface area (Å²) >= 11 is 0. The summed E-state index contributed by atoms with van der Waals surface area (Å²) in [5, 5.41) is 0. The molecule has 1 aromatic rings. The fourth-order valence-corrected chi connectivity index (χ4v) is 2.77. The number of hydrogen-bond donors (Lipinski definition) is 1. The van der Waals surface area contributed by atoms with E-state index in [2.05, 4.69) is 0 Å². The van der Waals surface area contributed by atoms with Gasteiger partial charge < -0.3 is 10.6 Å². The summed E-state index contributed by atoms with van der Waals surface area (Å²) in [6, 6.07) is 6.80. The SMILES string of the molecule is CC(CN)C(=O)N1CCC(Cc2cccc(F)c2)CC1. The Bertz CT molecular complexity index is 456. The molecule has 0 spiro atoms. The van der Waals surface area contributed by atoms with Gasteiger partial charge in [0.1, 0.15) is 5.82 Å². The average Bonchev–Trinajstić information content (AvgIpc) is 2.46. The number of hydrogen-bond acceptors (Lipinski definition) is 2. The van der Waals surface area contributed by atoms with Gasteiger partial charge in [0.15, 0.2) is 0 Å². The van der Waals surface area contributed by atoms with Crippen LogP contribution in [-0.2, 0) is 11.2 Å². The van der Waals surface area contributed by atoms with Crippen molar-refractivity contribution < 1.29 is 9.18 Å². The zero-order valence-corrected chi connectivity index (χ0v) is 12.0. The maximum absolute atomic E-state index is 13.2. The van der Waals surface area contributed by atoms with E-state index in [4.69, 9.17) is 5.73 Å². The smallest absolute Gasteiger partial charge is 0.226 e. The fraction of sp³-hybridized carbons (Fsp3) is 0.562. The number of carbonyl (C=O) groups excluding carboxylic acids is 1. The van der Waals surface area contributed by atoms with Gasteiger partial charge in [-0.1, -0.05) is 19.1 Å². The zero-order chi connectivity index (χ0) is 14.5. The summed E-state index contributed by atoms with van der Waals surface area (Å²) in [5.41, 5.74) is 6.59. The topological polar surface area (TPSA) is 46.3 Å². The minimum absolute atomic E-state index is 0.0882. The van der Waals surface area contributed by atoms with Crippen molar-refractivity contribution in [2.45, 2.75) is 26.2 Å². The van der Waals surface area contributed by atoms with Crippen LogP contribution in [0.3, 0.4) is 0 Å². The van der Waals surface area contributed by atoms with Gasteiger partial charge in [0, 0.05) is 25.6 Å². The Balaban J connectivity index is 1.84. The largest absolute Gasteiger partial charge is 0.342 e. The lowest BCUT2D eigenvalue weighted by Crippen LogP contribution is -2.43. The number of piperidine rings is 1. The van der Waals surface area contributed by atoms with Crippen molar-refractivity contribution in [3.8, 4) is 0 Å². The molecule has 0 radical (unpaired) electrons. The van der Waals surface area contributed by atoms with Gasteiger partial charge in [0.25, 0.3) is 0 Å². The normalized spacial score (nSPS) is 18.1.